The second-order valence-electron chi connectivity index (χ2n) is 6.14. The van der Waals surface area contributed by atoms with E-state index in [0.717, 1.165) is 16.8 Å². The highest BCUT2D eigenvalue weighted by atomic mass is 35.5. The van der Waals surface area contributed by atoms with E-state index >= 15 is 0 Å². The smallest absolute Gasteiger partial charge is 0.234 e. The van der Waals surface area contributed by atoms with Crippen LogP contribution in [-0.4, -0.2) is 35.3 Å². The molecule has 2 rings (SSSR count). The van der Waals surface area contributed by atoms with Gasteiger partial charge in [-0.1, -0.05) is 41.4 Å². The molecule has 0 saturated heterocycles. The first-order valence-electron chi connectivity index (χ1n) is 8.32. The summed E-state index contributed by atoms with van der Waals surface area (Å²) in [7, 11) is 1.76. The number of halogens is 1. The highest BCUT2D eigenvalue weighted by molar-refractivity contribution is 8.00. The number of carbonyl (C=O) groups excluding carboxylic acids is 2. The monoisotopic (exact) mass is 390 g/mol. The minimum absolute atomic E-state index is 0.0226. The molecule has 2 amide bonds. The van der Waals surface area contributed by atoms with Crippen molar-refractivity contribution in [1.29, 1.82) is 0 Å². The van der Waals surface area contributed by atoms with Crippen molar-refractivity contribution in [1.82, 2.24) is 4.90 Å². The fourth-order valence-corrected chi connectivity index (χ4v) is 3.31. The van der Waals surface area contributed by atoms with Crippen LogP contribution in [0.5, 0.6) is 0 Å². The average molecular weight is 391 g/mol. The van der Waals surface area contributed by atoms with E-state index in [-0.39, 0.29) is 29.4 Å². The van der Waals surface area contributed by atoms with Gasteiger partial charge in [-0.15, -0.1) is 11.8 Å². The number of hydrogen-bond donors (Lipinski definition) is 1. The van der Waals surface area contributed by atoms with E-state index in [1.165, 1.54) is 11.8 Å². The van der Waals surface area contributed by atoms with Gasteiger partial charge in [-0.3, -0.25) is 9.59 Å². The van der Waals surface area contributed by atoms with Crippen molar-refractivity contribution >= 4 is 40.9 Å². The summed E-state index contributed by atoms with van der Waals surface area (Å²) in [6, 6.07) is 15.0. The molecule has 0 bridgehead atoms. The van der Waals surface area contributed by atoms with Crippen LogP contribution in [-0.2, 0) is 9.59 Å². The molecule has 0 aliphatic carbocycles. The van der Waals surface area contributed by atoms with Crippen molar-refractivity contribution in [3.8, 4) is 0 Å². The molecule has 1 unspecified atom stereocenters. The van der Waals surface area contributed by atoms with E-state index in [0.29, 0.717) is 5.02 Å². The second-order valence-corrected chi connectivity index (χ2v) is 7.56. The number of nitrogens with one attached hydrogen (secondary N) is 1. The summed E-state index contributed by atoms with van der Waals surface area (Å²) in [5.41, 5.74) is 2.88. The predicted octanol–water partition coefficient (Wildman–Crippen LogP) is 4.54. The lowest BCUT2D eigenvalue weighted by Gasteiger charge is -2.25. The summed E-state index contributed by atoms with van der Waals surface area (Å²) in [6.07, 6.45) is 0. The minimum atomic E-state index is -0.114. The first-order chi connectivity index (χ1) is 12.4. The Morgan fingerprint density at radius 3 is 2.50 bits per heavy atom. The van der Waals surface area contributed by atoms with Crippen molar-refractivity contribution in [3.05, 3.63) is 64.7 Å². The molecule has 0 aliphatic heterocycles. The number of carbonyl (C=O) groups is 2. The van der Waals surface area contributed by atoms with E-state index < -0.39 is 0 Å². The van der Waals surface area contributed by atoms with Crippen LogP contribution in [0.4, 0.5) is 5.69 Å². The summed E-state index contributed by atoms with van der Waals surface area (Å²) in [5.74, 6) is 0.352. The molecule has 0 aromatic heterocycles. The van der Waals surface area contributed by atoms with Gasteiger partial charge in [-0.05, 0) is 43.7 Å². The summed E-state index contributed by atoms with van der Waals surface area (Å²) < 4.78 is 0. The molecular formula is C20H23ClN2O2S. The van der Waals surface area contributed by atoms with Crippen LogP contribution >= 0.6 is 23.4 Å². The molecule has 0 heterocycles. The average Bonchev–Trinajstić information content (AvgIpc) is 2.62. The first kappa shape index (κ1) is 20.3. The third-order valence-corrected chi connectivity index (χ3v) is 5.25. The Labute approximate surface area is 163 Å². The van der Waals surface area contributed by atoms with Gasteiger partial charge in [-0.2, -0.15) is 0 Å². The maximum absolute atomic E-state index is 12.4. The zero-order valence-electron chi connectivity index (χ0n) is 15.2. The number of benzene rings is 2. The summed E-state index contributed by atoms with van der Waals surface area (Å²) in [6.45, 7) is 3.95. The Kier molecular flexibility index (Phi) is 7.54. The largest absolute Gasteiger partial charge is 0.338 e. The van der Waals surface area contributed by atoms with Crippen molar-refractivity contribution in [2.45, 2.75) is 19.9 Å². The van der Waals surface area contributed by atoms with E-state index in [1.54, 1.807) is 11.9 Å². The third-order valence-electron chi connectivity index (χ3n) is 4.10. The van der Waals surface area contributed by atoms with Crippen molar-refractivity contribution in [2.75, 3.05) is 23.9 Å². The molecule has 6 heteroatoms. The molecule has 1 atom stereocenters. The molecule has 0 fully saturated rings. The molecule has 0 radical (unpaired) electrons. The zero-order valence-corrected chi connectivity index (χ0v) is 16.7. The van der Waals surface area contributed by atoms with Gasteiger partial charge in [0.15, 0.2) is 0 Å². The fourth-order valence-electron chi connectivity index (χ4n) is 2.37. The van der Waals surface area contributed by atoms with Crippen LogP contribution in [0, 0.1) is 6.92 Å². The van der Waals surface area contributed by atoms with Crippen LogP contribution in [0.1, 0.15) is 24.1 Å². The molecule has 2 aromatic rings. The number of hydrogen-bond acceptors (Lipinski definition) is 3. The van der Waals surface area contributed by atoms with E-state index in [9.17, 15) is 9.59 Å². The van der Waals surface area contributed by atoms with Crippen LogP contribution in [0.2, 0.25) is 5.02 Å². The summed E-state index contributed by atoms with van der Waals surface area (Å²) >= 11 is 7.32. The van der Waals surface area contributed by atoms with Crippen molar-refractivity contribution in [3.63, 3.8) is 0 Å². The normalized spacial score (nSPS) is 11.7. The second kappa shape index (κ2) is 9.64. The molecular weight excluding hydrogens is 368 g/mol. The Bertz CT molecular complexity index is 765. The Morgan fingerprint density at radius 2 is 1.85 bits per heavy atom. The third kappa shape index (κ3) is 6.07. The standard InChI is InChI=1S/C20H23ClN2O2S/c1-14-7-9-18(10-8-14)22-19(24)12-26-13-20(25)23(3)15(2)16-5-4-6-17(21)11-16/h4-11,15H,12-13H2,1-3H3,(H,22,24). The van der Waals surface area contributed by atoms with Gasteiger partial charge in [0.2, 0.25) is 11.8 Å². The van der Waals surface area contributed by atoms with Gasteiger partial charge in [0, 0.05) is 17.8 Å². The number of rotatable bonds is 7. The quantitative estimate of drug-likeness (QED) is 0.755. The van der Waals surface area contributed by atoms with Crippen LogP contribution < -0.4 is 5.32 Å². The fraction of sp³-hybridized carbons (Fsp3) is 0.300. The molecule has 4 nitrogen and oxygen atoms in total. The molecule has 26 heavy (non-hydrogen) atoms. The zero-order chi connectivity index (χ0) is 19.1. The first-order valence-corrected chi connectivity index (χ1v) is 9.85. The Balaban J connectivity index is 1.78. The van der Waals surface area contributed by atoms with Crippen molar-refractivity contribution in [2.24, 2.45) is 0 Å². The van der Waals surface area contributed by atoms with Crippen molar-refractivity contribution < 1.29 is 9.59 Å². The van der Waals surface area contributed by atoms with Gasteiger partial charge < -0.3 is 10.2 Å². The maximum Gasteiger partial charge on any atom is 0.234 e. The van der Waals surface area contributed by atoms with Gasteiger partial charge in [0.05, 0.1) is 17.5 Å². The molecule has 0 spiro atoms. The lowest BCUT2D eigenvalue weighted by atomic mass is 10.1. The van der Waals surface area contributed by atoms with E-state index in [2.05, 4.69) is 5.32 Å². The molecule has 138 valence electrons. The van der Waals surface area contributed by atoms with Gasteiger partial charge in [0.1, 0.15) is 0 Å². The molecule has 2 aromatic carbocycles. The van der Waals surface area contributed by atoms with Crippen LogP contribution in [0.15, 0.2) is 48.5 Å². The SMILES string of the molecule is Cc1ccc(NC(=O)CSCC(=O)N(C)C(C)c2cccc(Cl)c2)cc1. The van der Waals surface area contributed by atoms with Gasteiger partial charge >= 0.3 is 0 Å². The van der Waals surface area contributed by atoms with Gasteiger partial charge in [-0.25, -0.2) is 0 Å². The maximum atomic E-state index is 12.4. The Hall–Kier alpha value is -1.98. The minimum Gasteiger partial charge on any atom is -0.338 e. The van der Waals surface area contributed by atoms with E-state index in [4.69, 9.17) is 11.6 Å². The van der Waals surface area contributed by atoms with E-state index in [1.807, 2.05) is 62.4 Å². The predicted molar refractivity (Wildman–Crippen MR) is 110 cm³/mol. The number of aryl methyl sites for hydroxylation is 1. The molecule has 0 saturated carbocycles. The number of amides is 2. The van der Waals surface area contributed by atoms with Crippen LogP contribution in [0.3, 0.4) is 0 Å². The molecule has 1 N–H and O–H groups in total. The molecule has 0 aliphatic rings. The van der Waals surface area contributed by atoms with Crippen LogP contribution in [0.25, 0.3) is 0 Å². The highest BCUT2D eigenvalue weighted by Crippen LogP contribution is 2.22. The topological polar surface area (TPSA) is 49.4 Å². The number of anilines is 1. The number of nitrogens with zero attached hydrogens (tertiary/aromatic N) is 1. The lowest BCUT2D eigenvalue weighted by molar-refractivity contribution is -0.128. The lowest BCUT2D eigenvalue weighted by Crippen LogP contribution is -2.31. The highest BCUT2D eigenvalue weighted by Gasteiger charge is 2.18. The summed E-state index contributed by atoms with van der Waals surface area (Å²) in [5, 5.41) is 3.48. The number of thioether (sulfide) groups is 1. The van der Waals surface area contributed by atoms with Gasteiger partial charge in [0.25, 0.3) is 0 Å². The summed E-state index contributed by atoms with van der Waals surface area (Å²) in [4.78, 5) is 26.0. The Morgan fingerprint density at radius 1 is 1.15 bits per heavy atom.